The maximum atomic E-state index is 12.3. The average molecular weight is 612 g/mol. The van der Waals surface area contributed by atoms with Gasteiger partial charge in [0.15, 0.2) is 18.1 Å². The van der Waals surface area contributed by atoms with E-state index in [1.807, 2.05) is 13.0 Å². The van der Waals surface area contributed by atoms with Crippen LogP contribution in [0, 0.1) is 28.4 Å². The minimum Gasteiger partial charge on any atom is -0.490 e. The van der Waals surface area contributed by atoms with Crippen molar-refractivity contribution in [1.82, 2.24) is 10.4 Å². The second-order valence-corrected chi connectivity index (χ2v) is 8.94. The zero-order chi connectivity index (χ0) is 29.1. The molecule has 12 nitrogen and oxygen atoms in total. The first-order chi connectivity index (χ1) is 19.3. The van der Waals surface area contributed by atoms with E-state index in [4.69, 9.17) is 18.9 Å². The summed E-state index contributed by atoms with van der Waals surface area (Å²) in [6, 6.07) is 13.3. The Kier molecular flexibility index (Phi) is 10.9. The van der Waals surface area contributed by atoms with Gasteiger partial charge in [0.2, 0.25) is 5.88 Å². The van der Waals surface area contributed by atoms with Crippen LogP contribution in [0.3, 0.4) is 0 Å². The zero-order valence-electron chi connectivity index (χ0n) is 22.0. The van der Waals surface area contributed by atoms with Crippen molar-refractivity contribution in [3.8, 4) is 23.4 Å². The number of carbonyl (C=O) groups excluding carboxylic acids is 1. The SMILES string of the molecule is CCOc1cc(/C=N\NC(=O)COc2nc(C)c(Br)c(COC)c2C#N)ccc1OCc1ccc([N+](=O)[O-])cc1. The molecule has 13 heteroatoms. The summed E-state index contributed by atoms with van der Waals surface area (Å²) in [6.07, 6.45) is 1.43. The predicted molar refractivity (Wildman–Crippen MR) is 148 cm³/mol. The number of pyridine rings is 1. The number of carbonyl (C=O) groups is 1. The number of aromatic nitrogens is 1. The topological polar surface area (TPSA) is 158 Å². The molecule has 40 heavy (non-hydrogen) atoms. The summed E-state index contributed by atoms with van der Waals surface area (Å²) in [7, 11) is 1.51. The van der Waals surface area contributed by atoms with Crippen LogP contribution in [0.5, 0.6) is 17.4 Å². The fourth-order valence-electron chi connectivity index (χ4n) is 3.43. The number of nitrogens with zero attached hydrogens (tertiary/aromatic N) is 4. The third-order valence-corrected chi connectivity index (χ3v) is 6.37. The number of methoxy groups -OCH3 is 1. The number of amides is 1. The molecule has 0 unspecified atom stereocenters. The minimum absolute atomic E-state index is 0.00394. The second kappa shape index (κ2) is 14.6. The highest BCUT2D eigenvalue weighted by molar-refractivity contribution is 9.10. The number of nitro benzene ring substituents is 1. The maximum absolute atomic E-state index is 12.3. The van der Waals surface area contributed by atoms with Gasteiger partial charge in [-0.2, -0.15) is 10.4 Å². The van der Waals surface area contributed by atoms with Gasteiger partial charge in [-0.3, -0.25) is 14.9 Å². The lowest BCUT2D eigenvalue weighted by Crippen LogP contribution is -2.25. The standard InChI is InChI=1S/C27H26BrN5O7/c1-4-38-24-11-19(7-10-23(24)39-14-18-5-8-20(9-6-18)33(35)36)13-30-32-25(34)16-40-27-21(12-29)22(15-37-3)26(28)17(2)31-27/h5-11,13H,4,14-16H2,1-3H3,(H,32,34)/b30-13-. The highest BCUT2D eigenvalue weighted by Crippen LogP contribution is 2.30. The van der Waals surface area contributed by atoms with Gasteiger partial charge in [0.1, 0.15) is 18.2 Å². The van der Waals surface area contributed by atoms with E-state index < -0.39 is 17.4 Å². The first kappa shape index (κ1) is 30.0. The summed E-state index contributed by atoms with van der Waals surface area (Å²) in [4.78, 5) is 26.9. The highest BCUT2D eigenvalue weighted by Gasteiger charge is 2.18. The number of hydrogen-bond acceptors (Lipinski definition) is 10. The van der Waals surface area contributed by atoms with Crippen LogP contribution in [0.1, 0.15) is 34.9 Å². The summed E-state index contributed by atoms with van der Waals surface area (Å²) >= 11 is 3.40. The van der Waals surface area contributed by atoms with Crippen molar-refractivity contribution in [2.75, 3.05) is 20.3 Å². The third-order valence-electron chi connectivity index (χ3n) is 5.32. The Morgan fingerprint density at radius 3 is 2.58 bits per heavy atom. The molecule has 1 amide bonds. The van der Waals surface area contributed by atoms with Gasteiger partial charge >= 0.3 is 0 Å². The van der Waals surface area contributed by atoms with Crippen LogP contribution in [0.15, 0.2) is 52.0 Å². The Morgan fingerprint density at radius 1 is 1.18 bits per heavy atom. The quantitative estimate of drug-likeness (QED) is 0.166. The minimum atomic E-state index is -0.552. The maximum Gasteiger partial charge on any atom is 0.278 e. The van der Waals surface area contributed by atoms with E-state index in [1.165, 1.54) is 25.5 Å². The number of ether oxygens (including phenoxy) is 4. The lowest BCUT2D eigenvalue weighted by atomic mass is 10.1. The molecule has 0 spiro atoms. The Morgan fingerprint density at radius 2 is 1.93 bits per heavy atom. The number of halogens is 1. The molecule has 0 radical (unpaired) electrons. The zero-order valence-corrected chi connectivity index (χ0v) is 23.6. The number of benzene rings is 2. The Hall–Kier alpha value is -4.54. The van der Waals surface area contributed by atoms with Crippen molar-refractivity contribution in [3.63, 3.8) is 0 Å². The van der Waals surface area contributed by atoms with Crippen molar-refractivity contribution >= 4 is 33.7 Å². The van der Waals surface area contributed by atoms with Crippen molar-refractivity contribution in [1.29, 1.82) is 5.26 Å². The summed E-state index contributed by atoms with van der Waals surface area (Å²) in [5.41, 5.74) is 5.11. The van der Waals surface area contributed by atoms with Crippen LogP contribution < -0.4 is 19.6 Å². The molecule has 0 saturated carbocycles. The van der Waals surface area contributed by atoms with Crippen molar-refractivity contribution < 1.29 is 28.7 Å². The largest absolute Gasteiger partial charge is 0.490 e. The van der Waals surface area contributed by atoms with Gasteiger partial charge < -0.3 is 18.9 Å². The Bertz CT molecular complexity index is 1440. The fraction of sp³-hybridized carbons (Fsp3) is 0.259. The summed E-state index contributed by atoms with van der Waals surface area (Å²) in [5.74, 6) is 0.424. The number of aryl methyl sites for hydroxylation is 1. The average Bonchev–Trinajstić information content (AvgIpc) is 2.94. The normalized spacial score (nSPS) is 10.7. The molecule has 0 aliphatic rings. The van der Waals surface area contributed by atoms with Crippen LogP contribution in [0.25, 0.3) is 0 Å². The number of hydrogen-bond donors (Lipinski definition) is 1. The van der Waals surface area contributed by atoms with Crippen molar-refractivity contribution in [3.05, 3.63) is 85.0 Å². The molecule has 2 aromatic carbocycles. The van der Waals surface area contributed by atoms with Crippen LogP contribution in [0.4, 0.5) is 5.69 Å². The van der Waals surface area contributed by atoms with Gasteiger partial charge in [-0.1, -0.05) is 0 Å². The number of hydrazone groups is 1. The molecular formula is C27H26BrN5O7. The second-order valence-electron chi connectivity index (χ2n) is 8.15. The molecule has 1 aromatic heterocycles. The molecule has 3 aromatic rings. The van der Waals surface area contributed by atoms with E-state index in [2.05, 4.69) is 31.4 Å². The number of non-ortho nitro benzene ring substituents is 1. The summed E-state index contributed by atoms with van der Waals surface area (Å²) in [5, 5.41) is 24.3. The van der Waals surface area contributed by atoms with Gasteiger partial charge in [0.05, 0.1) is 30.0 Å². The highest BCUT2D eigenvalue weighted by atomic mass is 79.9. The Labute approximate surface area is 238 Å². The molecule has 1 N–H and O–H groups in total. The van der Waals surface area contributed by atoms with Gasteiger partial charge in [-0.05, 0) is 71.2 Å². The molecule has 1 heterocycles. The first-order valence-electron chi connectivity index (χ1n) is 11.9. The van der Waals surface area contributed by atoms with E-state index >= 15 is 0 Å². The Balaban J connectivity index is 1.60. The summed E-state index contributed by atoms with van der Waals surface area (Å²) in [6.45, 7) is 3.91. The molecule has 0 aliphatic heterocycles. The van der Waals surface area contributed by atoms with Crippen LogP contribution in [-0.2, 0) is 22.7 Å². The van der Waals surface area contributed by atoms with E-state index in [1.54, 1.807) is 37.3 Å². The number of nitriles is 1. The molecule has 3 rings (SSSR count). The van der Waals surface area contributed by atoms with Crippen LogP contribution in [0.2, 0.25) is 0 Å². The van der Waals surface area contributed by atoms with Crippen LogP contribution in [-0.4, -0.2) is 42.4 Å². The predicted octanol–water partition coefficient (Wildman–Crippen LogP) is 4.59. The number of nitro groups is 1. The van der Waals surface area contributed by atoms with E-state index in [0.717, 1.165) is 5.56 Å². The molecule has 0 atom stereocenters. The van der Waals surface area contributed by atoms with Crippen LogP contribution >= 0.6 is 15.9 Å². The molecule has 0 saturated heterocycles. The van der Waals surface area contributed by atoms with Crippen molar-refractivity contribution in [2.24, 2.45) is 5.10 Å². The molecule has 208 valence electrons. The number of nitrogens with one attached hydrogen (secondary N) is 1. The molecule has 0 bridgehead atoms. The first-order valence-corrected chi connectivity index (χ1v) is 12.7. The third kappa shape index (κ3) is 7.98. The molecule has 0 fully saturated rings. The van der Waals surface area contributed by atoms with Gasteiger partial charge in [0.25, 0.3) is 11.6 Å². The van der Waals surface area contributed by atoms with E-state index in [0.29, 0.717) is 39.4 Å². The fourth-order valence-corrected chi connectivity index (χ4v) is 3.83. The lowest BCUT2D eigenvalue weighted by molar-refractivity contribution is -0.384. The van der Waals surface area contributed by atoms with Crippen molar-refractivity contribution in [2.45, 2.75) is 27.1 Å². The number of rotatable bonds is 13. The lowest BCUT2D eigenvalue weighted by Gasteiger charge is -2.13. The van der Waals surface area contributed by atoms with E-state index in [-0.39, 0.29) is 30.3 Å². The van der Waals surface area contributed by atoms with Gasteiger partial charge in [-0.15, -0.1) is 0 Å². The van der Waals surface area contributed by atoms with E-state index in [9.17, 15) is 20.2 Å². The molecular weight excluding hydrogens is 586 g/mol. The van der Waals surface area contributed by atoms with Gasteiger partial charge in [0, 0.05) is 29.3 Å². The molecule has 0 aliphatic carbocycles. The monoisotopic (exact) mass is 611 g/mol. The van der Waals surface area contributed by atoms with Gasteiger partial charge in [-0.25, -0.2) is 10.4 Å². The summed E-state index contributed by atoms with van der Waals surface area (Å²) < 4.78 is 22.8. The smallest absolute Gasteiger partial charge is 0.278 e.